The Morgan fingerprint density at radius 3 is 2.15 bits per heavy atom. The number of carbonyl (C=O) groups is 1. The molecule has 3 fully saturated rings. The van der Waals surface area contributed by atoms with Gasteiger partial charge in [-0.2, -0.15) is 0 Å². The topological polar surface area (TPSA) is 49.8 Å². The van der Waals surface area contributed by atoms with Gasteiger partial charge in [0.05, 0.1) is 19.1 Å². The van der Waals surface area contributed by atoms with E-state index in [4.69, 9.17) is 4.74 Å². The molecule has 3 saturated heterocycles. The van der Waals surface area contributed by atoms with Crippen LogP contribution in [0.25, 0.3) is 0 Å². The molecule has 0 spiro atoms. The number of piperidine rings is 3. The molecule has 5 atom stereocenters. The molecule has 5 rings (SSSR count). The summed E-state index contributed by atoms with van der Waals surface area (Å²) in [6, 6.07) is 20.7. The van der Waals surface area contributed by atoms with Crippen LogP contribution in [0.1, 0.15) is 23.5 Å². The average molecular weight is 351 g/mol. The Hall–Kier alpha value is -2.17. The quantitative estimate of drug-likeness (QED) is 0.861. The first-order chi connectivity index (χ1) is 12.7. The summed E-state index contributed by atoms with van der Waals surface area (Å²) in [5, 5.41) is 11.2. The van der Waals surface area contributed by atoms with E-state index < -0.39 is 6.10 Å². The Labute approximate surface area is 154 Å². The van der Waals surface area contributed by atoms with Gasteiger partial charge >= 0.3 is 5.97 Å². The maximum atomic E-state index is 12.2. The van der Waals surface area contributed by atoms with E-state index in [1.54, 1.807) is 0 Å². The first kappa shape index (κ1) is 17.3. The molecule has 0 saturated carbocycles. The summed E-state index contributed by atoms with van der Waals surface area (Å²) in [6.45, 7) is 1.57. The van der Waals surface area contributed by atoms with Gasteiger partial charge in [-0.15, -0.1) is 0 Å². The number of rotatable bonds is 4. The lowest BCUT2D eigenvalue weighted by Gasteiger charge is -2.54. The highest BCUT2D eigenvalue weighted by Gasteiger charge is 2.52. The second-order valence-electron chi connectivity index (χ2n) is 7.36. The van der Waals surface area contributed by atoms with Crippen LogP contribution >= 0.6 is 0 Å². The van der Waals surface area contributed by atoms with Crippen molar-refractivity contribution < 1.29 is 14.6 Å². The summed E-state index contributed by atoms with van der Waals surface area (Å²) < 4.78 is 4.98. The number of methoxy groups -OCH3 is 1. The standard InChI is InChI=1S/C22H25NO3/c1-26-22(25)18-14-23-13-12-17(18)21(24)20(23)19(15-8-4-2-5-9-15)16-10-6-3-7-11-16/h2-11,17-21,24H,12-14H2,1H3/t17-,18-,20+,21+/m1/s1. The minimum atomic E-state index is -0.549. The summed E-state index contributed by atoms with van der Waals surface area (Å²) in [5.41, 5.74) is 2.40. The highest BCUT2D eigenvalue weighted by Crippen LogP contribution is 2.44. The van der Waals surface area contributed by atoms with Crippen LogP contribution in [0.5, 0.6) is 0 Å². The van der Waals surface area contributed by atoms with Gasteiger partial charge in [0.15, 0.2) is 0 Å². The highest BCUT2D eigenvalue weighted by molar-refractivity contribution is 5.73. The van der Waals surface area contributed by atoms with E-state index in [0.717, 1.165) is 13.0 Å². The van der Waals surface area contributed by atoms with Gasteiger partial charge in [0.1, 0.15) is 0 Å². The van der Waals surface area contributed by atoms with Crippen LogP contribution in [-0.4, -0.2) is 48.3 Å². The lowest BCUT2D eigenvalue weighted by molar-refractivity contribution is -0.165. The van der Waals surface area contributed by atoms with E-state index in [1.165, 1.54) is 18.2 Å². The van der Waals surface area contributed by atoms with Crippen molar-refractivity contribution in [2.24, 2.45) is 11.8 Å². The molecule has 3 aliphatic rings. The monoisotopic (exact) mass is 351 g/mol. The van der Waals surface area contributed by atoms with Gasteiger partial charge in [0, 0.05) is 24.4 Å². The van der Waals surface area contributed by atoms with Gasteiger partial charge in [0.2, 0.25) is 0 Å². The molecular formula is C22H25NO3. The number of aliphatic hydroxyl groups excluding tert-OH is 1. The van der Waals surface area contributed by atoms with E-state index in [9.17, 15) is 9.90 Å². The fourth-order valence-corrected chi connectivity index (χ4v) is 4.86. The number of esters is 1. The normalized spacial score (nSPS) is 30.3. The van der Waals surface area contributed by atoms with Crippen LogP contribution in [0, 0.1) is 11.8 Å². The van der Waals surface area contributed by atoms with Crippen molar-refractivity contribution in [3.05, 3.63) is 71.8 Å². The van der Waals surface area contributed by atoms with Crippen LogP contribution in [-0.2, 0) is 9.53 Å². The summed E-state index contributed by atoms with van der Waals surface area (Å²) in [7, 11) is 1.43. The molecule has 1 unspecified atom stereocenters. The molecule has 3 aliphatic heterocycles. The van der Waals surface area contributed by atoms with Crippen LogP contribution in [0.2, 0.25) is 0 Å². The number of hydrogen-bond acceptors (Lipinski definition) is 4. The smallest absolute Gasteiger partial charge is 0.310 e. The Balaban J connectivity index is 1.72. The second-order valence-corrected chi connectivity index (χ2v) is 7.36. The molecule has 3 heterocycles. The molecule has 136 valence electrons. The zero-order valence-corrected chi connectivity index (χ0v) is 15.0. The fourth-order valence-electron chi connectivity index (χ4n) is 4.86. The Morgan fingerprint density at radius 1 is 1.08 bits per heavy atom. The minimum absolute atomic E-state index is 0.0283. The third-order valence-electron chi connectivity index (χ3n) is 6.07. The highest BCUT2D eigenvalue weighted by atomic mass is 16.5. The second kappa shape index (κ2) is 7.22. The number of benzene rings is 2. The predicted octanol–water partition coefficient (Wildman–Crippen LogP) is 2.67. The first-order valence-electron chi connectivity index (χ1n) is 9.30. The van der Waals surface area contributed by atoms with E-state index in [0.29, 0.717) is 6.54 Å². The van der Waals surface area contributed by atoms with Gasteiger partial charge in [0.25, 0.3) is 0 Å². The molecule has 0 aromatic heterocycles. The van der Waals surface area contributed by atoms with Crippen molar-refractivity contribution >= 4 is 5.97 Å². The van der Waals surface area contributed by atoms with E-state index >= 15 is 0 Å². The molecule has 2 aromatic rings. The summed E-state index contributed by atoms with van der Waals surface area (Å²) >= 11 is 0. The number of ether oxygens (including phenoxy) is 1. The van der Waals surface area contributed by atoms with E-state index in [1.807, 2.05) is 36.4 Å². The Morgan fingerprint density at radius 2 is 1.65 bits per heavy atom. The van der Waals surface area contributed by atoms with Gasteiger partial charge in [-0.25, -0.2) is 0 Å². The molecule has 0 amide bonds. The molecule has 4 nitrogen and oxygen atoms in total. The molecule has 1 N–H and O–H groups in total. The average Bonchev–Trinajstić information content (AvgIpc) is 2.71. The third kappa shape index (κ3) is 2.93. The van der Waals surface area contributed by atoms with Crippen molar-refractivity contribution in [3.63, 3.8) is 0 Å². The fraction of sp³-hybridized carbons (Fsp3) is 0.409. The van der Waals surface area contributed by atoms with Crippen molar-refractivity contribution in [1.82, 2.24) is 4.90 Å². The van der Waals surface area contributed by atoms with Crippen molar-refractivity contribution in [1.29, 1.82) is 0 Å². The lowest BCUT2D eigenvalue weighted by atomic mass is 9.68. The van der Waals surface area contributed by atoms with Gasteiger partial charge in [-0.1, -0.05) is 60.7 Å². The zero-order valence-electron chi connectivity index (χ0n) is 15.0. The molecule has 2 bridgehead atoms. The number of hydrogen-bond donors (Lipinski definition) is 1. The molecule has 0 radical (unpaired) electrons. The van der Waals surface area contributed by atoms with Crippen LogP contribution in [0.4, 0.5) is 0 Å². The SMILES string of the molecule is COC(=O)[C@@H]1CN2CC[C@H]1[C@H](O)[C@@H]2C(c1ccccc1)c1ccccc1. The Bertz CT molecular complexity index is 707. The molecule has 4 heteroatoms. The zero-order chi connectivity index (χ0) is 18.1. The van der Waals surface area contributed by atoms with Crippen molar-refractivity contribution in [3.8, 4) is 0 Å². The van der Waals surface area contributed by atoms with Crippen molar-refractivity contribution in [2.75, 3.05) is 20.2 Å². The van der Waals surface area contributed by atoms with Gasteiger partial charge in [-0.05, 0) is 24.1 Å². The van der Waals surface area contributed by atoms with Crippen molar-refractivity contribution in [2.45, 2.75) is 24.5 Å². The number of nitrogens with zero attached hydrogens (tertiary/aromatic N) is 1. The largest absolute Gasteiger partial charge is 0.469 e. The van der Waals surface area contributed by atoms with E-state index in [-0.39, 0.29) is 29.8 Å². The third-order valence-corrected chi connectivity index (χ3v) is 6.07. The predicted molar refractivity (Wildman–Crippen MR) is 99.7 cm³/mol. The number of aliphatic hydroxyl groups is 1. The number of carbonyl (C=O) groups excluding carboxylic acids is 1. The molecular weight excluding hydrogens is 326 g/mol. The summed E-state index contributed by atoms with van der Waals surface area (Å²) in [5.74, 6) is -0.387. The van der Waals surface area contributed by atoms with Crippen LogP contribution in [0.15, 0.2) is 60.7 Å². The Kier molecular flexibility index (Phi) is 4.79. The maximum absolute atomic E-state index is 12.2. The van der Waals surface area contributed by atoms with Gasteiger partial charge < -0.3 is 9.84 Å². The lowest BCUT2D eigenvalue weighted by Crippen LogP contribution is -2.64. The molecule has 0 aliphatic carbocycles. The summed E-state index contributed by atoms with van der Waals surface area (Å²) in [6.07, 6.45) is 0.292. The molecule has 2 aromatic carbocycles. The number of fused-ring (bicyclic) bond motifs is 3. The molecule has 26 heavy (non-hydrogen) atoms. The van der Waals surface area contributed by atoms with Crippen LogP contribution < -0.4 is 0 Å². The maximum Gasteiger partial charge on any atom is 0.310 e. The first-order valence-corrected chi connectivity index (χ1v) is 9.30. The summed E-state index contributed by atoms with van der Waals surface area (Å²) in [4.78, 5) is 14.4. The minimum Gasteiger partial charge on any atom is -0.469 e. The van der Waals surface area contributed by atoms with Crippen LogP contribution in [0.3, 0.4) is 0 Å². The van der Waals surface area contributed by atoms with Gasteiger partial charge in [-0.3, -0.25) is 9.69 Å². The van der Waals surface area contributed by atoms with E-state index in [2.05, 4.69) is 29.2 Å².